The summed E-state index contributed by atoms with van der Waals surface area (Å²) in [6, 6.07) is 9.68. The van der Waals surface area contributed by atoms with E-state index in [1.54, 1.807) is 0 Å². The highest BCUT2D eigenvalue weighted by Crippen LogP contribution is 2.07. The molecule has 0 N–H and O–H groups in total. The molecule has 0 heterocycles. The van der Waals surface area contributed by atoms with Gasteiger partial charge in [0.2, 0.25) is 0 Å². The van der Waals surface area contributed by atoms with E-state index in [0.717, 1.165) is 5.75 Å². The minimum atomic E-state index is 0.522. The minimum Gasteiger partial charge on any atom is -0.491 e. The highest BCUT2D eigenvalue weighted by molar-refractivity contribution is 5.20. The van der Waals surface area contributed by atoms with Gasteiger partial charge in [-0.2, -0.15) is 0 Å². The largest absolute Gasteiger partial charge is 0.491 e. The number of ether oxygens (including phenoxy) is 10. The normalized spacial score (nSPS) is 11.2. The zero-order valence-corrected chi connectivity index (χ0v) is 21.9. The van der Waals surface area contributed by atoms with Crippen LogP contribution in [0.2, 0.25) is 0 Å². The summed E-state index contributed by atoms with van der Waals surface area (Å²) in [5, 5.41) is 0. The molecule has 0 radical (unpaired) electrons. The molecule has 0 aliphatic heterocycles. The Balaban J connectivity index is 1.63. The summed E-state index contributed by atoms with van der Waals surface area (Å²) in [6.07, 6.45) is 0. The molecule has 0 atom stereocenters. The Kier molecular flexibility index (Phi) is 25.6. The van der Waals surface area contributed by atoms with Gasteiger partial charge in [-0.15, -0.1) is 0 Å². The number of hydrogen-bond donors (Lipinski definition) is 0. The van der Waals surface area contributed by atoms with Crippen molar-refractivity contribution in [2.24, 2.45) is 0 Å². The molecule has 0 spiro atoms. The summed E-state index contributed by atoms with van der Waals surface area (Å²) in [6.45, 7) is 12.4. The SMILES string of the molecule is CCOCCOCCOCCOCCOCCOCCOCCOCCOCCOc1ccccc1. The van der Waals surface area contributed by atoms with Crippen LogP contribution in [0, 0.1) is 0 Å². The molecule has 1 aromatic carbocycles. The molecule has 0 saturated carbocycles. The third-order valence-electron chi connectivity index (χ3n) is 4.42. The van der Waals surface area contributed by atoms with Crippen LogP contribution in [0.25, 0.3) is 0 Å². The van der Waals surface area contributed by atoms with E-state index in [0.29, 0.717) is 126 Å². The van der Waals surface area contributed by atoms with E-state index >= 15 is 0 Å². The van der Waals surface area contributed by atoms with Gasteiger partial charge in [0.15, 0.2) is 0 Å². The summed E-state index contributed by atoms with van der Waals surface area (Å²) >= 11 is 0. The van der Waals surface area contributed by atoms with Gasteiger partial charge in [-0.05, 0) is 19.1 Å². The first-order chi connectivity index (χ1) is 17.9. The van der Waals surface area contributed by atoms with Gasteiger partial charge in [-0.3, -0.25) is 0 Å². The van der Waals surface area contributed by atoms with Crippen LogP contribution in [-0.4, -0.2) is 126 Å². The standard InChI is InChI=1S/C26H46O10/c1-2-27-8-9-28-10-11-29-12-13-30-14-15-31-16-17-32-18-19-33-20-21-34-22-23-35-24-25-36-26-6-4-3-5-7-26/h3-7H,2,8-25H2,1H3. The highest BCUT2D eigenvalue weighted by atomic mass is 16.6. The average molecular weight is 519 g/mol. The third-order valence-corrected chi connectivity index (χ3v) is 4.42. The first-order valence-corrected chi connectivity index (χ1v) is 12.8. The zero-order chi connectivity index (χ0) is 25.6. The molecule has 0 unspecified atom stereocenters. The van der Waals surface area contributed by atoms with Crippen molar-refractivity contribution in [2.45, 2.75) is 6.92 Å². The molecule has 10 heteroatoms. The molecule has 1 aromatic rings. The summed E-state index contributed by atoms with van der Waals surface area (Å²) in [4.78, 5) is 0. The molecule has 0 fully saturated rings. The molecule has 0 saturated heterocycles. The molecule has 1 rings (SSSR count). The maximum Gasteiger partial charge on any atom is 0.119 e. The monoisotopic (exact) mass is 518 g/mol. The Bertz CT molecular complexity index is 535. The van der Waals surface area contributed by atoms with Gasteiger partial charge < -0.3 is 47.4 Å². The second-order valence-corrected chi connectivity index (χ2v) is 7.26. The predicted molar refractivity (Wildman–Crippen MR) is 135 cm³/mol. The lowest BCUT2D eigenvalue weighted by Crippen LogP contribution is -2.15. The topological polar surface area (TPSA) is 92.3 Å². The fourth-order valence-electron chi connectivity index (χ4n) is 2.64. The van der Waals surface area contributed by atoms with Crippen LogP contribution in [0.1, 0.15) is 6.92 Å². The van der Waals surface area contributed by atoms with Crippen LogP contribution < -0.4 is 4.74 Å². The molecule has 0 amide bonds. The highest BCUT2D eigenvalue weighted by Gasteiger charge is 1.96. The van der Waals surface area contributed by atoms with Crippen LogP contribution in [0.15, 0.2) is 30.3 Å². The van der Waals surface area contributed by atoms with Gasteiger partial charge in [-0.1, -0.05) is 18.2 Å². The molecule has 0 bridgehead atoms. The first kappa shape index (κ1) is 32.7. The molecular formula is C26H46O10. The quantitative estimate of drug-likeness (QED) is 0.147. The summed E-state index contributed by atoms with van der Waals surface area (Å²) in [5.41, 5.74) is 0. The molecular weight excluding hydrogens is 472 g/mol. The second-order valence-electron chi connectivity index (χ2n) is 7.26. The molecule has 10 nitrogen and oxygen atoms in total. The molecule has 0 aromatic heterocycles. The van der Waals surface area contributed by atoms with E-state index in [1.807, 2.05) is 37.3 Å². The van der Waals surface area contributed by atoms with Crippen LogP contribution >= 0.6 is 0 Å². The van der Waals surface area contributed by atoms with Gasteiger partial charge in [0.25, 0.3) is 0 Å². The molecule has 210 valence electrons. The van der Waals surface area contributed by atoms with Crippen LogP contribution in [-0.2, 0) is 42.6 Å². The summed E-state index contributed by atoms with van der Waals surface area (Å²) in [7, 11) is 0. The predicted octanol–water partition coefficient (Wildman–Crippen LogP) is 2.23. The number of rotatable bonds is 29. The smallest absolute Gasteiger partial charge is 0.119 e. The summed E-state index contributed by atoms with van der Waals surface area (Å²) < 4.78 is 54.2. The molecule has 0 aliphatic carbocycles. The zero-order valence-electron chi connectivity index (χ0n) is 21.9. The lowest BCUT2D eigenvalue weighted by Gasteiger charge is -2.09. The maximum absolute atomic E-state index is 5.54. The van der Waals surface area contributed by atoms with Crippen molar-refractivity contribution in [1.29, 1.82) is 0 Å². The average Bonchev–Trinajstić information content (AvgIpc) is 2.91. The fraction of sp³-hybridized carbons (Fsp3) is 0.769. The maximum atomic E-state index is 5.54. The lowest BCUT2D eigenvalue weighted by atomic mass is 10.3. The Hall–Kier alpha value is -1.34. The van der Waals surface area contributed by atoms with Gasteiger partial charge >= 0.3 is 0 Å². The van der Waals surface area contributed by atoms with E-state index < -0.39 is 0 Å². The van der Waals surface area contributed by atoms with Crippen LogP contribution in [0.3, 0.4) is 0 Å². The Morgan fingerprint density at radius 3 is 0.944 bits per heavy atom. The van der Waals surface area contributed by atoms with E-state index in [4.69, 9.17) is 47.4 Å². The van der Waals surface area contributed by atoms with Gasteiger partial charge in [0.1, 0.15) is 12.4 Å². The first-order valence-electron chi connectivity index (χ1n) is 12.8. The van der Waals surface area contributed by atoms with Crippen molar-refractivity contribution in [3.63, 3.8) is 0 Å². The Labute approximate surface area is 216 Å². The van der Waals surface area contributed by atoms with Crippen molar-refractivity contribution in [3.05, 3.63) is 30.3 Å². The third kappa shape index (κ3) is 24.4. The lowest BCUT2D eigenvalue weighted by molar-refractivity contribution is -0.0252. The van der Waals surface area contributed by atoms with Crippen LogP contribution in [0.5, 0.6) is 5.75 Å². The summed E-state index contributed by atoms with van der Waals surface area (Å²) in [5.74, 6) is 0.848. The Morgan fingerprint density at radius 2 is 0.639 bits per heavy atom. The Morgan fingerprint density at radius 1 is 0.361 bits per heavy atom. The number of para-hydroxylation sites is 1. The van der Waals surface area contributed by atoms with Crippen molar-refractivity contribution in [3.8, 4) is 5.75 Å². The van der Waals surface area contributed by atoms with E-state index in [9.17, 15) is 0 Å². The fourth-order valence-corrected chi connectivity index (χ4v) is 2.64. The van der Waals surface area contributed by atoms with Crippen molar-refractivity contribution >= 4 is 0 Å². The van der Waals surface area contributed by atoms with Gasteiger partial charge in [-0.25, -0.2) is 0 Å². The number of hydrogen-bond acceptors (Lipinski definition) is 10. The van der Waals surface area contributed by atoms with Crippen molar-refractivity contribution in [1.82, 2.24) is 0 Å². The van der Waals surface area contributed by atoms with Crippen molar-refractivity contribution in [2.75, 3.05) is 126 Å². The van der Waals surface area contributed by atoms with Gasteiger partial charge in [0, 0.05) is 6.61 Å². The van der Waals surface area contributed by atoms with Crippen molar-refractivity contribution < 1.29 is 47.4 Å². The van der Waals surface area contributed by atoms with Crippen LogP contribution in [0.4, 0.5) is 0 Å². The van der Waals surface area contributed by atoms with E-state index in [1.165, 1.54) is 0 Å². The van der Waals surface area contributed by atoms with Gasteiger partial charge in [0.05, 0.1) is 112 Å². The van der Waals surface area contributed by atoms with E-state index in [2.05, 4.69) is 0 Å². The molecule has 36 heavy (non-hydrogen) atoms. The number of benzene rings is 1. The van der Waals surface area contributed by atoms with E-state index in [-0.39, 0.29) is 0 Å². The second kappa shape index (κ2) is 28.2. The minimum absolute atomic E-state index is 0.522. The molecule has 0 aliphatic rings.